The van der Waals surface area contributed by atoms with Crippen LogP contribution in [0.15, 0.2) is 23.4 Å². The zero-order chi connectivity index (χ0) is 14.2. The number of hydroxylamine groups is 2. The van der Waals surface area contributed by atoms with Crippen LogP contribution in [0.3, 0.4) is 0 Å². The van der Waals surface area contributed by atoms with E-state index in [1.807, 2.05) is 32.0 Å². The van der Waals surface area contributed by atoms with E-state index < -0.39 is 11.5 Å². The van der Waals surface area contributed by atoms with Crippen LogP contribution in [0.2, 0.25) is 0 Å². The predicted octanol–water partition coefficient (Wildman–Crippen LogP) is 2.03. The minimum atomic E-state index is -1.13. The second-order valence-corrected chi connectivity index (χ2v) is 5.16. The maximum Gasteiger partial charge on any atom is 0.292 e. The average molecular weight is 262 g/mol. The summed E-state index contributed by atoms with van der Waals surface area (Å²) in [5.74, 6) is -0.505. The second-order valence-electron chi connectivity index (χ2n) is 5.16. The van der Waals surface area contributed by atoms with Crippen LogP contribution >= 0.6 is 0 Å². The van der Waals surface area contributed by atoms with Gasteiger partial charge in [-0.2, -0.15) is 0 Å². The molecule has 102 valence electrons. The van der Waals surface area contributed by atoms with Crippen LogP contribution in [0.5, 0.6) is 0 Å². The SMILES string of the molecule is Cc1ccc(C2=NOC(C)(C(=O)N(C)O)C2)cc1C. The third-order valence-corrected chi connectivity index (χ3v) is 3.45. The lowest BCUT2D eigenvalue weighted by atomic mass is 9.93. The highest BCUT2D eigenvalue weighted by atomic mass is 16.7. The number of hydrogen-bond acceptors (Lipinski definition) is 4. The molecule has 0 saturated carbocycles. The van der Waals surface area contributed by atoms with Crippen LogP contribution < -0.4 is 0 Å². The number of likely N-dealkylation sites (N-methyl/N-ethyl adjacent to an activating group) is 1. The van der Waals surface area contributed by atoms with Gasteiger partial charge < -0.3 is 4.84 Å². The van der Waals surface area contributed by atoms with Gasteiger partial charge in [0, 0.05) is 13.5 Å². The van der Waals surface area contributed by atoms with Gasteiger partial charge in [-0.3, -0.25) is 10.0 Å². The number of aryl methyl sites for hydroxylation is 2. The zero-order valence-electron chi connectivity index (χ0n) is 11.6. The topological polar surface area (TPSA) is 62.1 Å². The maximum absolute atomic E-state index is 11.8. The van der Waals surface area contributed by atoms with Gasteiger partial charge in [-0.05, 0) is 43.5 Å². The molecular formula is C14H18N2O3. The van der Waals surface area contributed by atoms with Crippen LogP contribution in [0, 0.1) is 13.8 Å². The van der Waals surface area contributed by atoms with Crippen LogP contribution in [0.4, 0.5) is 0 Å². The summed E-state index contributed by atoms with van der Waals surface area (Å²) < 4.78 is 0. The number of rotatable bonds is 2. The molecule has 0 aromatic heterocycles. The first kappa shape index (κ1) is 13.5. The van der Waals surface area contributed by atoms with Gasteiger partial charge in [-0.1, -0.05) is 17.3 Å². The van der Waals surface area contributed by atoms with E-state index >= 15 is 0 Å². The van der Waals surface area contributed by atoms with E-state index in [4.69, 9.17) is 4.84 Å². The van der Waals surface area contributed by atoms with E-state index in [-0.39, 0.29) is 0 Å². The monoisotopic (exact) mass is 262 g/mol. The Labute approximate surface area is 112 Å². The van der Waals surface area contributed by atoms with Gasteiger partial charge in [-0.15, -0.1) is 0 Å². The van der Waals surface area contributed by atoms with Crippen LogP contribution in [0.1, 0.15) is 30.0 Å². The quantitative estimate of drug-likeness (QED) is 0.655. The Kier molecular flexibility index (Phi) is 3.32. The fourth-order valence-corrected chi connectivity index (χ4v) is 2.07. The summed E-state index contributed by atoms with van der Waals surface area (Å²) in [4.78, 5) is 17.1. The number of benzene rings is 1. The summed E-state index contributed by atoms with van der Waals surface area (Å²) in [5.41, 5.74) is 2.91. The molecule has 0 bridgehead atoms. The number of hydrogen-bond donors (Lipinski definition) is 1. The van der Waals surface area contributed by atoms with Crippen LogP contribution in [-0.4, -0.2) is 34.5 Å². The largest absolute Gasteiger partial charge is 0.379 e. The molecule has 1 N–H and O–H groups in total. The van der Waals surface area contributed by atoms with Gasteiger partial charge >= 0.3 is 0 Å². The highest BCUT2D eigenvalue weighted by Crippen LogP contribution is 2.28. The van der Waals surface area contributed by atoms with E-state index in [9.17, 15) is 10.0 Å². The summed E-state index contributed by atoms with van der Waals surface area (Å²) in [6.45, 7) is 5.70. The molecule has 1 aromatic carbocycles. The molecule has 0 saturated heterocycles. The van der Waals surface area contributed by atoms with Crippen molar-refractivity contribution < 1.29 is 14.8 Å². The van der Waals surface area contributed by atoms with Gasteiger partial charge in [-0.25, -0.2) is 5.06 Å². The molecule has 0 spiro atoms. The van der Waals surface area contributed by atoms with Crippen molar-refractivity contribution in [3.05, 3.63) is 34.9 Å². The van der Waals surface area contributed by atoms with Crippen molar-refractivity contribution in [3.8, 4) is 0 Å². The van der Waals surface area contributed by atoms with E-state index in [2.05, 4.69) is 5.16 Å². The normalized spacial score (nSPS) is 21.8. The first-order chi connectivity index (χ1) is 8.83. The molecule has 0 radical (unpaired) electrons. The number of nitrogens with zero attached hydrogens (tertiary/aromatic N) is 2. The lowest BCUT2D eigenvalue weighted by Gasteiger charge is -2.22. The first-order valence-electron chi connectivity index (χ1n) is 6.13. The lowest BCUT2D eigenvalue weighted by Crippen LogP contribution is -2.44. The van der Waals surface area contributed by atoms with Gasteiger partial charge in [0.1, 0.15) is 0 Å². The number of oxime groups is 1. The Morgan fingerprint density at radius 2 is 2.11 bits per heavy atom. The third kappa shape index (κ3) is 2.46. The standard InChI is InChI=1S/C14H18N2O3/c1-9-5-6-11(7-10(9)2)12-8-14(3,19-15-12)13(17)16(4)18/h5-7,18H,8H2,1-4H3. The lowest BCUT2D eigenvalue weighted by molar-refractivity contribution is -0.181. The zero-order valence-corrected chi connectivity index (χ0v) is 11.6. The molecule has 0 fully saturated rings. The Bertz CT molecular complexity index is 552. The molecule has 5 heteroatoms. The van der Waals surface area contributed by atoms with Crippen molar-refractivity contribution in [2.24, 2.45) is 5.16 Å². The summed E-state index contributed by atoms with van der Waals surface area (Å²) >= 11 is 0. The number of carbonyl (C=O) groups excluding carboxylic acids is 1. The third-order valence-electron chi connectivity index (χ3n) is 3.45. The second kappa shape index (κ2) is 4.66. The van der Waals surface area contributed by atoms with E-state index in [0.717, 1.165) is 11.3 Å². The molecule has 2 rings (SSSR count). The smallest absolute Gasteiger partial charge is 0.292 e. The van der Waals surface area contributed by atoms with Gasteiger partial charge in [0.15, 0.2) is 0 Å². The Balaban J connectivity index is 2.22. The van der Waals surface area contributed by atoms with Crippen molar-refractivity contribution in [1.29, 1.82) is 0 Å². The summed E-state index contributed by atoms with van der Waals surface area (Å²) in [7, 11) is 1.28. The Hall–Kier alpha value is -1.88. The molecule has 5 nitrogen and oxygen atoms in total. The first-order valence-corrected chi connectivity index (χ1v) is 6.13. The van der Waals surface area contributed by atoms with Crippen molar-refractivity contribution in [3.63, 3.8) is 0 Å². The fraction of sp³-hybridized carbons (Fsp3) is 0.429. The van der Waals surface area contributed by atoms with Crippen molar-refractivity contribution in [2.45, 2.75) is 32.8 Å². The average Bonchev–Trinajstić information content (AvgIpc) is 2.75. The molecule has 1 amide bonds. The molecule has 1 aromatic rings. The van der Waals surface area contributed by atoms with E-state index in [1.54, 1.807) is 6.92 Å². The predicted molar refractivity (Wildman–Crippen MR) is 71.1 cm³/mol. The number of carbonyl (C=O) groups is 1. The Morgan fingerprint density at radius 3 is 2.68 bits per heavy atom. The van der Waals surface area contributed by atoms with Crippen molar-refractivity contribution in [2.75, 3.05) is 7.05 Å². The molecular weight excluding hydrogens is 244 g/mol. The van der Waals surface area contributed by atoms with Crippen molar-refractivity contribution >= 4 is 11.6 Å². The highest BCUT2D eigenvalue weighted by Gasteiger charge is 2.43. The molecule has 1 heterocycles. The molecule has 1 atom stereocenters. The van der Waals surface area contributed by atoms with Gasteiger partial charge in [0.2, 0.25) is 5.60 Å². The fourth-order valence-electron chi connectivity index (χ4n) is 2.07. The van der Waals surface area contributed by atoms with Crippen LogP contribution in [-0.2, 0) is 9.63 Å². The highest BCUT2D eigenvalue weighted by molar-refractivity contribution is 6.05. The minimum Gasteiger partial charge on any atom is -0.379 e. The molecule has 0 aliphatic carbocycles. The summed E-state index contributed by atoms with van der Waals surface area (Å²) in [5, 5.41) is 13.8. The molecule has 1 aliphatic heterocycles. The number of amides is 1. The van der Waals surface area contributed by atoms with Crippen molar-refractivity contribution in [1.82, 2.24) is 5.06 Å². The maximum atomic E-state index is 11.8. The molecule has 1 aliphatic rings. The van der Waals surface area contributed by atoms with E-state index in [0.29, 0.717) is 11.5 Å². The molecule has 1 unspecified atom stereocenters. The Morgan fingerprint density at radius 1 is 1.42 bits per heavy atom. The summed E-state index contributed by atoms with van der Waals surface area (Å²) in [6, 6.07) is 6.00. The van der Waals surface area contributed by atoms with Gasteiger partial charge in [0.05, 0.1) is 5.71 Å². The van der Waals surface area contributed by atoms with Gasteiger partial charge in [0.25, 0.3) is 5.91 Å². The van der Waals surface area contributed by atoms with E-state index in [1.165, 1.54) is 18.2 Å². The van der Waals surface area contributed by atoms with Crippen LogP contribution in [0.25, 0.3) is 0 Å². The molecule has 19 heavy (non-hydrogen) atoms. The summed E-state index contributed by atoms with van der Waals surface area (Å²) in [6.07, 6.45) is 0.346. The minimum absolute atomic E-state index is 0.346.